The van der Waals surface area contributed by atoms with E-state index in [0.717, 1.165) is 24.7 Å². The molecular formula is C12H22O. The van der Waals surface area contributed by atoms with E-state index in [-0.39, 0.29) is 6.10 Å². The fourth-order valence-corrected chi connectivity index (χ4v) is 3.59. The van der Waals surface area contributed by atoms with Crippen LogP contribution in [0.1, 0.15) is 52.4 Å². The molecule has 1 nitrogen and oxygen atoms in total. The molecule has 0 bridgehead atoms. The molecule has 0 aromatic rings. The number of hydrogen-bond donors (Lipinski definition) is 1. The van der Waals surface area contributed by atoms with Crippen molar-refractivity contribution in [3.8, 4) is 0 Å². The summed E-state index contributed by atoms with van der Waals surface area (Å²) in [5.74, 6) is 1.72. The molecule has 0 aromatic heterocycles. The van der Waals surface area contributed by atoms with E-state index in [0.29, 0.717) is 5.41 Å². The molecule has 2 aliphatic carbocycles. The minimum absolute atomic E-state index is 0.00940. The lowest BCUT2D eigenvalue weighted by molar-refractivity contribution is -0.0129. The van der Waals surface area contributed by atoms with Crippen LogP contribution in [0, 0.1) is 17.3 Å². The lowest BCUT2D eigenvalue weighted by atomic mass is 9.58. The average Bonchev–Trinajstić information content (AvgIpc) is 2.02. The van der Waals surface area contributed by atoms with Crippen molar-refractivity contribution in [2.24, 2.45) is 17.3 Å². The fourth-order valence-electron chi connectivity index (χ4n) is 3.59. The topological polar surface area (TPSA) is 20.2 Å². The van der Waals surface area contributed by atoms with Gasteiger partial charge in [0.05, 0.1) is 6.10 Å². The minimum Gasteiger partial charge on any atom is -0.393 e. The zero-order valence-electron chi connectivity index (χ0n) is 8.92. The van der Waals surface area contributed by atoms with Crippen LogP contribution in [0.3, 0.4) is 0 Å². The van der Waals surface area contributed by atoms with Gasteiger partial charge in [-0.2, -0.15) is 0 Å². The standard InChI is InChI=1S/C12H22O/c1-12(2)7-3-4-9-8-10(13)5-6-11(9)12/h9-11,13H,3-8H2,1-2H3. The highest BCUT2D eigenvalue weighted by molar-refractivity contribution is 4.92. The van der Waals surface area contributed by atoms with Gasteiger partial charge in [0.15, 0.2) is 0 Å². The second-order valence-corrected chi connectivity index (χ2v) is 5.71. The smallest absolute Gasteiger partial charge is 0.0543 e. The maximum Gasteiger partial charge on any atom is 0.0543 e. The molecule has 0 aromatic carbocycles. The highest BCUT2D eigenvalue weighted by Crippen LogP contribution is 2.50. The first kappa shape index (κ1) is 9.51. The van der Waals surface area contributed by atoms with Crippen LogP contribution in [0.2, 0.25) is 0 Å². The largest absolute Gasteiger partial charge is 0.393 e. The van der Waals surface area contributed by atoms with Gasteiger partial charge in [-0.15, -0.1) is 0 Å². The fraction of sp³-hybridized carbons (Fsp3) is 1.00. The first-order valence-electron chi connectivity index (χ1n) is 5.78. The Morgan fingerprint density at radius 3 is 2.69 bits per heavy atom. The van der Waals surface area contributed by atoms with Crippen molar-refractivity contribution in [2.45, 2.75) is 58.5 Å². The van der Waals surface area contributed by atoms with Gasteiger partial charge < -0.3 is 5.11 Å². The van der Waals surface area contributed by atoms with Crippen LogP contribution in [0.15, 0.2) is 0 Å². The third-order valence-electron chi connectivity index (χ3n) is 4.35. The van der Waals surface area contributed by atoms with Crippen LogP contribution < -0.4 is 0 Å². The van der Waals surface area contributed by atoms with Crippen molar-refractivity contribution in [3.63, 3.8) is 0 Å². The van der Waals surface area contributed by atoms with Crippen LogP contribution in [0.4, 0.5) is 0 Å². The van der Waals surface area contributed by atoms with E-state index in [1.54, 1.807) is 0 Å². The van der Waals surface area contributed by atoms with Gasteiger partial charge >= 0.3 is 0 Å². The first-order valence-corrected chi connectivity index (χ1v) is 5.78. The molecular weight excluding hydrogens is 160 g/mol. The molecule has 0 spiro atoms. The molecule has 0 saturated heterocycles. The van der Waals surface area contributed by atoms with Crippen molar-refractivity contribution in [1.82, 2.24) is 0 Å². The predicted molar refractivity (Wildman–Crippen MR) is 54.5 cm³/mol. The van der Waals surface area contributed by atoms with Crippen molar-refractivity contribution in [1.29, 1.82) is 0 Å². The lowest BCUT2D eigenvalue weighted by Crippen LogP contribution is -2.40. The molecule has 0 aliphatic heterocycles. The van der Waals surface area contributed by atoms with Crippen LogP contribution in [0.5, 0.6) is 0 Å². The van der Waals surface area contributed by atoms with E-state index in [1.807, 2.05) is 0 Å². The Bertz CT molecular complexity index is 186. The van der Waals surface area contributed by atoms with Crippen molar-refractivity contribution < 1.29 is 5.11 Å². The Hall–Kier alpha value is -0.0400. The Balaban J connectivity index is 2.08. The van der Waals surface area contributed by atoms with Gasteiger partial charge in [-0.3, -0.25) is 0 Å². The molecule has 76 valence electrons. The second kappa shape index (κ2) is 3.27. The lowest BCUT2D eigenvalue weighted by Gasteiger charge is -2.47. The summed E-state index contributed by atoms with van der Waals surface area (Å²) in [4.78, 5) is 0. The number of fused-ring (bicyclic) bond motifs is 1. The molecule has 3 unspecified atom stereocenters. The van der Waals surface area contributed by atoms with Gasteiger partial charge in [0.1, 0.15) is 0 Å². The van der Waals surface area contributed by atoms with Crippen molar-refractivity contribution in [2.75, 3.05) is 0 Å². The van der Waals surface area contributed by atoms with Crippen LogP contribution in [-0.2, 0) is 0 Å². The number of aliphatic hydroxyl groups is 1. The van der Waals surface area contributed by atoms with E-state index in [9.17, 15) is 5.11 Å². The van der Waals surface area contributed by atoms with Crippen molar-refractivity contribution >= 4 is 0 Å². The summed E-state index contributed by atoms with van der Waals surface area (Å²) in [6.45, 7) is 4.84. The van der Waals surface area contributed by atoms with Crippen LogP contribution in [0.25, 0.3) is 0 Å². The molecule has 0 heterocycles. The number of hydrogen-bond acceptors (Lipinski definition) is 1. The summed E-state index contributed by atoms with van der Waals surface area (Å²) >= 11 is 0. The molecule has 0 radical (unpaired) electrons. The third-order valence-corrected chi connectivity index (χ3v) is 4.35. The molecule has 2 aliphatic rings. The SMILES string of the molecule is CC1(C)CCCC2CC(O)CCC21. The summed E-state index contributed by atoms with van der Waals surface area (Å²) in [5.41, 5.74) is 0.545. The van der Waals surface area contributed by atoms with E-state index < -0.39 is 0 Å². The summed E-state index contributed by atoms with van der Waals surface area (Å²) in [5, 5.41) is 9.62. The van der Waals surface area contributed by atoms with E-state index in [2.05, 4.69) is 13.8 Å². The van der Waals surface area contributed by atoms with Crippen molar-refractivity contribution in [3.05, 3.63) is 0 Å². The van der Waals surface area contributed by atoms with E-state index >= 15 is 0 Å². The quantitative estimate of drug-likeness (QED) is 0.610. The van der Waals surface area contributed by atoms with Gasteiger partial charge in [-0.05, 0) is 42.9 Å². The zero-order valence-corrected chi connectivity index (χ0v) is 8.92. The summed E-state index contributed by atoms with van der Waals surface area (Å²) in [7, 11) is 0. The summed E-state index contributed by atoms with van der Waals surface area (Å²) < 4.78 is 0. The number of aliphatic hydroxyl groups excluding tert-OH is 1. The molecule has 3 atom stereocenters. The number of rotatable bonds is 0. The highest BCUT2D eigenvalue weighted by Gasteiger charge is 2.41. The molecule has 2 fully saturated rings. The van der Waals surface area contributed by atoms with Gasteiger partial charge in [0.25, 0.3) is 0 Å². The molecule has 0 amide bonds. The molecule has 2 saturated carbocycles. The minimum atomic E-state index is 0.00940. The van der Waals surface area contributed by atoms with Crippen LogP contribution in [-0.4, -0.2) is 11.2 Å². The zero-order chi connectivity index (χ0) is 9.47. The van der Waals surface area contributed by atoms with Crippen LogP contribution >= 0.6 is 0 Å². The highest BCUT2D eigenvalue weighted by atomic mass is 16.3. The molecule has 2 rings (SSSR count). The molecule has 1 heteroatoms. The third kappa shape index (κ3) is 1.76. The predicted octanol–water partition coefficient (Wildman–Crippen LogP) is 2.97. The maximum atomic E-state index is 9.62. The normalized spacial score (nSPS) is 44.1. The first-order chi connectivity index (χ1) is 6.09. The molecule has 13 heavy (non-hydrogen) atoms. The van der Waals surface area contributed by atoms with Gasteiger partial charge in [-0.25, -0.2) is 0 Å². The monoisotopic (exact) mass is 182 g/mol. The summed E-state index contributed by atoms with van der Waals surface area (Å²) in [6.07, 6.45) is 7.53. The summed E-state index contributed by atoms with van der Waals surface area (Å²) in [6, 6.07) is 0. The van der Waals surface area contributed by atoms with E-state index in [1.165, 1.54) is 25.7 Å². The Morgan fingerprint density at radius 2 is 1.92 bits per heavy atom. The Labute approximate surface area is 81.5 Å². The van der Waals surface area contributed by atoms with Gasteiger partial charge in [-0.1, -0.05) is 26.7 Å². The van der Waals surface area contributed by atoms with Gasteiger partial charge in [0.2, 0.25) is 0 Å². The maximum absolute atomic E-state index is 9.62. The van der Waals surface area contributed by atoms with E-state index in [4.69, 9.17) is 0 Å². The Kier molecular flexibility index (Phi) is 2.39. The van der Waals surface area contributed by atoms with Gasteiger partial charge in [0, 0.05) is 0 Å². The molecule has 1 N–H and O–H groups in total. The Morgan fingerprint density at radius 1 is 1.15 bits per heavy atom. The second-order valence-electron chi connectivity index (χ2n) is 5.71. The average molecular weight is 182 g/mol.